The number of benzene rings is 1. The molecule has 1 fully saturated rings. The summed E-state index contributed by atoms with van der Waals surface area (Å²) in [7, 11) is 0. The number of carbonyl (C=O) groups excluding carboxylic acids is 4. The minimum Gasteiger partial charge on any atom is -0.454 e. The van der Waals surface area contributed by atoms with Crippen LogP contribution in [0.15, 0.2) is 24.3 Å². The predicted octanol–water partition coefficient (Wildman–Crippen LogP) is 1.45. The number of rotatable bonds is 6. The number of carbonyl (C=O) groups is 4. The Hall–Kier alpha value is -2.70. The molecule has 144 valence electrons. The minimum absolute atomic E-state index is 0.0665. The largest absolute Gasteiger partial charge is 0.454 e. The second-order valence-electron chi connectivity index (χ2n) is 7.09. The highest BCUT2D eigenvalue weighted by Gasteiger charge is 2.32. The predicted molar refractivity (Wildman–Crippen MR) is 96.7 cm³/mol. The molecular weight excluding hydrogens is 348 g/mol. The van der Waals surface area contributed by atoms with Crippen LogP contribution in [0, 0.1) is 5.92 Å². The highest BCUT2D eigenvalue weighted by atomic mass is 16.5. The third kappa shape index (κ3) is 4.93. The molecule has 1 aliphatic heterocycles. The molecule has 1 N–H and O–H groups in total. The fourth-order valence-corrected chi connectivity index (χ4v) is 3.58. The second-order valence-corrected chi connectivity index (χ2v) is 7.09. The summed E-state index contributed by atoms with van der Waals surface area (Å²) in [6.45, 7) is -0.295. The van der Waals surface area contributed by atoms with Crippen LogP contribution in [0.25, 0.3) is 0 Å². The third-order valence-corrected chi connectivity index (χ3v) is 5.10. The standard InChI is InChI=1S/C20H24N2O5/c23-17(21-11-14-6-2-1-3-7-14)13-27-19(25)12-22-18(24)10-15-8-4-5-9-16(15)20(22)26/h4-5,8-9,14H,1-3,6-7,10-13H2,(H,21,23). The van der Waals surface area contributed by atoms with Crippen LogP contribution in [-0.2, 0) is 25.5 Å². The van der Waals surface area contributed by atoms with E-state index in [1.54, 1.807) is 24.3 Å². The molecule has 27 heavy (non-hydrogen) atoms. The van der Waals surface area contributed by atoms with Gasteiger partial charge >= 0.3 is 5.97 Å². The van der Waals surface area contributed by atoms with E-state index >= 15 is 0 Å². The molecule has 0 aromatic heterocycles. The normalized spacial score (nSPS) is 17.4. The van der Waals surface area contributed by atoms with E-state index in [9.17, 15) is 19.2 Å². The van der Waals surface area contributed by atoms with E-state index in [4.69, 9.17) is 4.74 Å². The van der Waals surface area contributed by atoms with Crippen LogP contribution < -0.4 is 5.32 Å². The van der Waals surface area contributed by atoms with Crippen LogP contribution in [0.1, 0.15) is 48.0 Å². The van der Waals surface area contributed by atoms with Crippen molar-refractivity contribution >= 4 is 23.7 Å². The van der Waals surface area contributed by atoms with Crippen molar-refractivity contribution in [2.45, 2.75) is 38.5 Å². The number of esters is 1. The van der Waals surface area contributed by atoms with Gasteiger partial charge in [0.25, 0.3) is 11.8 Å². The number of hydrogen-bond acceptors (Lipinski definition) is 5. The number of amides is 3. The van der Waals surface area contributed by atoms with E-state index in [-0.39, 0.29) is 12.3 Å². The fourth-order valence-electron chi connectivity index (χ4n) is 3.58. The van der Waals surface area contributed by atoms with E-state index in [2.05, 4.69) is 5.32 Å². The number of nitrogens with one attached hydrogen (secondary N) is 1. The maximum Gasteiger partial charge on any atom is 0.326 e. The maximum absolute atomic E-state index is 12.4. The summed E-state index contributed by atoms with van der Waals surface area (Å²) in [6, 6.07) is 6.81. The van der Waals surface area contributed by atoms with E-state index in [0.29, 0.717) is 23.6 Å². The minimum atomic E-state index is -0.774. The maximum atomic E-state index is 12.4. The van der Waals surface area contributed by atoms with Crippen LogP contribution in [0.2, 0.25) is 0 Å². The summed E-state index contributed by atoms with van der Waals surface area (Å²) in [4.78, 5) is 49.2. The van der Waals surface area contributed by atoms with Gasteiger partial charge < -0.3 is 10.1 Å². The molecule has 7 heteroatoms. The van der Waals surface area contributed by atoms with Gasteiger partial charge in [-0.2, -0.15) is 0 Å². The zero-order chi connectivity index (χ0) is 19.2. The lowest BCUT2D eigenvalue weighted by molar-refractivity contribution is -0.151. The van der Waals surface area contributed by atoms with Crippen molar-refractivity contribution in [3.05, 3.63) is 35.4 Å². The molecule has 1 heterocycles. The van der Waals surface area contributed by atoms with Crippen LogP contribution in [0.5, 0.6) is 0 Å². The van der Waals surface area contributed by atoms with Crippen molar-refractivity contribution in [2.75, 3.05) is 19.7 Å². The van der Waals surface area contributed by atoms with Gasteiger partial charge in [-0.15, -0.1) is 0 Å². The summed E-state index contributed by atoms with van der Waals surface area (Å²) < 4.78 is 4.93. The highest BCUT2D eigenvalue weighted by Crippen LogP contribution is 2.22. The SMILES string of the molecule is O=C(COC(=O)CN1C(=O)Cc2ccccc2C1=O)NCC1CCCCC1. The van der Waals surface area contributed by atoms with Gasteiger partial charge in [0, 0.05) is 12.1 Å². The van der Waals surface area contributed by atoms with Crippen molar-refractivity contribution in [3.8, 4) is 0 Å². The van der Waals surface area contributed by atoms with Gasteiger partial charge in [0.05, 0.1) is 6.42 Å². The molecule has 1 aromatic rings. The molecule has 0 radical (unpaired) electrons. The molecule has 1 aromatic carbocycles. The zero-order valence-corrected chi connectivity index (χ0v) is 15.2. The molecule has 1 saturated carbocycles. The van der Waals surface area contributed by atoms with Gasteiger partial charge in [-0.3, -0.25) is 24.1 Å². The van der Waals surface area contributed by atoms with Crippen molar-refractivity contribution < 1.29 is 23.9 Å². The Labute approximate surface area is 158 Å². The van der Waals surface area contributed by atoms with Gasteiger partial charge in [0.1, 0.15) is 6.54 Å². The average Bonchev–Trinajstić information content (AvgIpc) is 2.69. The quantitative estimate of drug-likeness (QED) is 0.603. The molecule has 0 unspecified atom stereocenters. The number of hydrogen-bond donors (Lipinski definition) is 1. The lowest BCUT2D eigenvalue weighted by Gasteiger charge is -2.25. The van der Waals surface area contributed by atoms with Crippen LogP contribution >= 0.6 is 0 Å². The van der Waals surface area contributed by atoms with Crippen molar-refractivity contribution in [3.63, 3.8) is 0 Å². The van der Waals surface area contributed by atoms with Gasteiger partial charge in [-0.25, -0.2) is 0 Å². The average molecular weight is 372 g/mol. The first-order chi connectivity index (χ1) is 13.0. The van der Waals surface area contributed by atoms with Gasteiger partial charge in [-0.05, 0) is 30.4 Å². The molecule has 1 aliphatic carbocycles. The Morgan fingerprint density at radius 1 is 1.11 bits per heavy atom. The first-order valence-corrected chi connectivity index (χ1v) is 9.39. The Balaban J connectivity index is 1.44. The summed E-state index contributed by atoms with van der Waals surface area (Å²) in [6.07, 6.45) is 5.92. The Kier molecular flexibility index (Phi) is 6.21. The zero-order valence-electron chi connectivity index (χ0n) is 15.2. The Bertz CT molecular complexity index is 740. The first kappa shape index (κ1) is 19.1. The molecule has 7 nitrogen and oxygen atoms in total. The molecule has 0 atom stereocenters. The van der Waals surface area contributed by atoms with Gasteiger partial charge in [0.15, 0.2) is 6.61 Å². The fraction of sp³-hybridized carbons (Fsp3) is 0.500. The van der Waals surface area contributed by atoms with Gasteiger partial charge in [-0.1, -0.05) is 37.5 Å². The molecule has 0 saturated heterocycles. The van der Waals surface area contributed by atoms with Crippen molar-refractivity contribution in [2.24, 2.45) is 5.92 Å². The van der Waals surface area contributed by atoms with Crippen LogP contribution in [-0.4, -0.2) is 48.3 Å². The first-order valence-electron chi connectivity index (χ1n) is 9.39. The highest BCUT2D eigenvalue weighted by molar-refractivity contribution is 6.11. The monoisotopic (exact) mass is 372 g/mol. The topological polar surface area (TPSA) is 92.8 Å². The molecule has 0 bridgehead atoms. The molecule has 3 amide bonds. The second kappa shape index (κ2) is 8.79. The third-order valence-electron chi connectivity index (χ3n) is 5.10. The molecular formula is C20H24N2O5. The Morgan fingerprint density at radius 3 is 2.63 bits per heavy atom. The number of fused-ring (bicyclic) bond motifs is 1. The summed E-state index contributed by atoms with van der Waals surface area (Å²) in [5, 5.41) is 2.78. The van der Waals surface area contributed by atoms with Crippen molar-refractivity contribution in [1.29, 1.82) is 0 Å². The molecule has 3 rings (SSSR count). The van der Waals surface area contributed by atoms with E-state index in [1.165, 1.54) is 19.3 Å². The van der Waals surface area contributed by atoms with Crippen LogP contribution in [0.4, 0.5) is 0 Å². The number of imide groups is 1. The van der Waals surface area contributed by atoms with Gasteiger partial charge in [0.2, 0.25) is 5.91 Å². The van der Waals surface area contributed by atoms with Crippen molar-refractivity contribution in [1.82, 2.24) is 10.2 Å². The number of nitrogens with zero attached hydrogens (tertiary/aromatic N) is 1. The summed E-state index contributed by atoms with van der Waals surface area (Å²) >= 11 is 0. The Morgan fingerprint density at radius 2 is 1.85 bits per heavy atom. The molecule has 0 spiro atoms. The smallest absolute Gasteiger partial charge is 0.326 e. The van der Waals surface area contributed by atoms with E-state index in [1.807, 2.05) is 0 Å². The lowest BCUT2D eigenvalue weighted by atomic mass is 9.89. The summed E-state index contributed by atoms with van der Waals surface area (Å²) in [5.74, 6) is -1.61. The van der Waals surface area contributed by atoms with Crippen LogP contribution in [0.3, 0.4) is 0 Å². The lowest BCUT2D eigenvalue weighted by Crippen LogP contribution is -2.45. The van der Waals surface area contributed by atoms with E-state index in [0.717, 1.165) is 17.7 Å². The number of ether oxygens (including phenoxy) is 1. The molecule has 2 aliphatic rings. The van der Waals surface area contributed by atoms with E-state index < -0.39 is 30.9 Å². The summed E-state index contributed by atoms with van der Waals surface area (Å²) in [5.41, 5.74) is 1.06.